The lowest BCUT2D eigenvalue weighted by Gasteiger charge is -2.16. The Morgan fingerprint density at radius 2 is 1.88 bits per heavy atom. The number of para-hydroxylation sites is 1. The average Bonchev–Trinajstić information content (AvgIpc) is 3.02. The Labute approximate surface area is 146 Å². The number of amides is 1. The molecule has 25 heavy (non-hydrogen) atoms. The Morgan fingerprint density at radius 3 is 2.72 bits per heavy atom. The van der Waals surface area contributed by atoms with E-state index in [2.05, 4.69) is 16.0 Å². The molecule has 5 heteroatoms. The van der Waals surface area contributed by atoms with E-state index in [0.29, 0.717) is 25.1 Å². The molecule has 1 fully saturated rings. The van der Waals surface area contributed by atoms with E-state index in [1.54, 1.807) is 29.4 Å². The van der Waals surface area contributed by atoms with Gasteiger partial charge in [-0.05, 0) is 30.7 Å². The van der Waals surface area contributed by atoms with Crippen LogP contribution in [0.1, 0.15) is 16.1 Å². The number of carbonyl (C=O) groups is 1. The van der Waals surface area contributed by atoms with Crippen LogP contribution in [0.4, 0.5) is 0 Å². The number of fused-ring (bicyclic) bond motifs is 1. The largest absolute Gasteiger partial charge is 0.391 e. The van der Waals surface area contributed by atoms with Gasteiger partial charge >= 0.3 is 0 Å². The fourth-order valence-electron chi connectivity index (χ4n) is 3.39. The molecule has 2 aromatic heterocycles. The SMILES string of the molecule is O=C(c1ccncc1)N1C[C@@H](Cc2ccc3ccccc3n2)[C@H](O)C1. The van der Waals surface area contributed by atoms with Crippen molar-refractivity contribution in [2.75, 3.05) is 13.1 Å². The van der Waals surface area contributed by atoms with Crippen LogP contribution in [-0.2, 0) is 6.42 Å². The van der Waals surface area contributed by atoms with Gasteiger partial charge in [0.2, 0.25) is 0 Å². The normalized spacial score (nSPS) is 20.1. The number of aliphatic hydroxyl groups is 1. The number of aliphatic hydroxyl groups excluding tert-OH is 1. The number of β-amino-alcohol motifs (C(OH)–C–C–N with tert-alkyl or cyclic N) is 1. The molecule has 0 bridgehead atoms. The summed E-state index contributed by atoms with van der Waals surface area (Å²) in [4.78, 5) is 22.9. The summed E-state index contributed by atoms with van der Waals surface area (Å²) in [6, 6.07) is 15.4. The van der Waals surface area contributed by atoms with Crippen LogP contribution < -0.4 is 0 Å². The van der Waals surface area contributed by atoms with Gasteiger partial charge in [0.05, 0.1) is 11.6 Å². The summed E-state index contributed by atoms with van der Waals surface area (Å²) in [5.41, 5.74) is 2.50. The molecule has 4 rings (SSSR count). The first kappa shape index (κ1) is 15.7. The van der Waals surface area contributed by atoms with Crippen molar-refractivity contribution in [2.45, 2.75) is 12.5 Å². The van der Waals surface area contributed by atoms with Crippen molar-refractivity contribution < 1.29 is 9.90 Å². The maximum absolute atomic E-state index is 12.5. The van der Waals surface area contributed by atoms with Crippen LogP contribution in [-0.4, -0.2) is 45.1 Å². The van der Waals surface area contributed by atoms with Gasteiger partial charge < -0.3 is 10.0 Å². The molecule has 0 unspecified atom stereocenters. The quantitative estimate of drug-likeness (QED) is 0.799. The molecule has 1 aliphatic rings. The molecule has 1 N–H and O–H groups in total. The third-order valence-electron chi connectivity index (χ3n) is 4.75. The maximum atomic E-state index is 12.5. The van der Waals surface area contributed by atoms with Crippen molar-refractivity contribution in [1.82, 2.24) is 14.9 Å². The van der Waals surface area contributed by atoms with Crippen LogP contribution in [0.25, 0.3) is 10.9 Å². The van der Waals surface area contributed by atoms with Gasteiger partial charge in [-0.15, -0.1) is 0 Å². The van der Waals surface area contributed by atoms with E-state index in [-0.39, 0.29) is 11.8 Å². The Morgan fingerprint density at radius 1 is 1.08 bits per heavy atom. The highest BCUT2D eigenvalue weighted by Gasteiger charge is 2.34. The summed E-state index contributed by atoms with van der Waals surface area (Å²) < 4.78 is 0. The summed E-state index contributed by atoms with van der Waals surface area (Å²) in [7, 11) is 0. The number of aromatic nitrogens is 2. The minimum atomic E-state index is -0.529. The van der Waals surface area contributed by atoms with Crippen molar-refractivity contribution in [3.8, 4) is 0 Å². The van der Waals surface area contributed by atoms with Gasteiger partial charge in [0.25, 0.3) is 5.91 Å². The van der Waals surface area contributed by atoms with Crippen LogP contribution in [0, 0.1) is 5.92 Å². The second-order valence-electron chi connectivity index (χ2n) is 6.47. The maximum Gasteiger partial charge on any atom is 0.254 e. The number of nitrogens with zero attached hydrogens (tertiary/aromatic N) is 3. The predicted molar refractivity (Wildman–Crippen MR) is 95.1 cm³/mol. The Hall–Kier alpha value is -2.79. The van der Waals surface area contributed by atoms with Crippen LogP contribution in [0.5, 0.6) is 0 Å². The topological polar surface area (TPSA) is 66.3 Å². The van der Waals surface area contributed by atoms with E-state index in [1.807, 2.05) is 30.3 Å². The molecule has 0 spiro atoms. The zero-order valence-corrected chi connectivity index (χ0v) is 13.7. The molecular formula is C20H19N3O2. The van der Waals surface area contributed by atoms with Crippen LogP contribution in [0.2, 0.25) is 0 Å². The molecule has 3 heterocycles. The molecule has 0 aliphatic carbocycles. The first-order chi connectivity index (χ1) is 12.2. The number of carbonyl (C=O) groups excluding carboxylic acids is 1. The second-order valence-corrected chi connectivity index (χ2v) is 6.47. The molecule has 0 radical (unpaired) electrons. The van der Waals surface area contributed by atoms with Gasteiger partial charge in [-0.1, -0.05) is 24.3 Å². The zero-order chi connectivity index (χ0) is 17.2. The van der Waals surface area contributed by atoms with Crippen LogP contribution >= 0.6 is 0 Å². The number of benzene rings is 1. The molecule has 1 aromatic carbocycles. The monoisotopic (exact) mass is 333 g/mol. The van der Waals surface area contributed by atoms with E-state index in [0.717, 1.165) is 16.6 Å². The standard InChI is InChI=1S/C20H19N3O2/c24-19-13-23(20(25)15-7-9-21-10-8-15)12-16(19)11-17-6-5-14-3-1-2-4-18(14)22-17/h1-10,16,19,24H,11-13H2/t16-,19-/m1/s1. The molecule has 1 amide bonds. The predicted octanol–water partition coefficient (Wildman–Crippen LogP) is 2.31. The van der Waals surface area contributed by atoms with Gasteiger partial charge in [-0.3, -0.25) is 14.8 Å². The summed E-state index contributed by atoms with van der Waals surface area (Å²) in [6.07, 6.45) is 3.34. The third kappa shape index (κ3) is 3.23. The number of rotatable bonds is 3. The lowest BCUT2D eigenvalue weighted by Crippen LogP contribution is -2.29. The van der Waals surface area contributed by atoms with E-state index in [1.165, 1.54) is 0 Å². The smallest absolute Gasteiger partial charge is 0.254 e. The molecule has 0 saturated carbocycles. The summed E-state index contributed by atoms with van der Waals surface area (Å²) in [5.74, 6) is -0.0603. The number of likely N-dealkylation sites (tertiary alicyclic amines) is 1. The molecule has 1 aliphatic heterocycles. The van der Waals surface area contributed by atoms with Crippen molar-refractivity contribution in [3.63, 3.8) is 0 Å². The highest BCUT2D eigenvalue weighted by atomic mass is 16.3. The highest BCUT2D eigenvalue weighted by molar-refractivity contribution is 5.94. The van der Waals surface area contributed by atoms with Crippen LogP contribution in [0.3, 0.4) is 0 Å². The number of hydrogen-bond donors (Lipinski definition) is 1. The zero-order valence-electron chi connectivity index (χ0n) is 13.7. The van der Waals surface area contributed by atoms with Crippen molar-refractivity contribution in [3.05, 3.63) is 72.2 Å². The van der Waals surface area contributed by atoms with Crippen molar-refractivity contribution >= 4 is 16.8 Å². The molecule has 126 valence electrons. The first-order valence-electron chi connectivity index (χ1n) is 8.43. The van der Waals surface area contributed by atoms with Gasteiger partial charge in [0.1, 0.15) is 0 Å². The van der Waals surface area contributed by atoms with Gasteiger partial charge in [0.15, 0.2) is 0 Å². The second kappa shape index (κ2) is 6.61. The molecule has 3 aromatic rings. The van der Waals surface area contributed by atoms with E-state index in [4.69, 9.17) is 0 Å². The van der Waals surface area contributed by atoms with Gasteiger partial charge in [0, 0.05) is 48.0 Å². The molecule has 1 saturated heterocycles. The van der Waals surface area contributed by atoms with Crippen molar-refractivity contribution in [2.24, 2.45) is 5.92 Å². The van der Waals surface area contributed by atoms with E-state index < -0.39 is 6.10 Å². The van der Waals surface area contributed by atoms with E-state index >= 15 is 0 Å². The van der Waals surface area contributed by atoms with E-state index in [9.17, 15) is 9.90 Å². The number of hydrogen-bond acceptors (Lipinski definition) is 4. The fourth-order valence-corrected chi connectivity index (χ4v) is 3.39. The lowest BCUT2D eigenvalue weighted by molar-refractivity contribution is 0.0764. The Bertz CT molecular complexity index is 898. The average molecular weight is 333 g/mol. The summed E-state index contributed by atoms with van der Waals surface area (Å²) >= 11 is 0. The van der Waals surface area contributed by atoms with Gasteiger partial charge in [-0.2, -0.15) is 0 Å². The van der Waals surface area contributed by atoms with Crippen molar-refractivity contribution in [1.29, 1.82) is 0 Å². The summed E-state index contributed by atoms with van der Waals surface area (Å²) in [6.45, 7) is 0.899. The van der Waals surface area contributed by atoms with Crippen LogP contribution in [0.15, 0.2) is 60.9 Å². The molecule has 5 nitrogen and oxygen atoms in total. The highest BCUT2D eigenvalue weighted by Crippen LogP contribution is 2.23. The lowest BCUT2D eigenvalue weighted by atomic mass is 9.99. The first-order valence-corrected chi connectivity index (χ1v) is 8.43. The molecular weight excluding hydrogens is 314 g/mol. The Balaban J connectivity index is 1.48. The minimum absolute atomic E-state index is 0.000510. The fraction of sp³-hybridized carbons (Fsp3) is 0.250. The third-order valence-corrected chi connectivity index (χ3v) is 4.75. The molecule has 2 atom stereocenters. The van der Waals surface area contributed by atoms with Gasteiger partial charge in [-0.25, -0.2) is 0 Å². The summed E-state index contributed by atoms with van der Waals surface area (Å²) in [5, 5.41) is 11.5. The number of pyridine rings is 2. The Kier molecular flexibility index (Phi) is 4.15. The minimum Gasteiger partial charge on any atom is -0.391 e.